The number of alkyl halides is 2. The van der Waals surface area contributed by atoms with E-state index in [9.17, 15) is 23.5 Å². The lowest BCUT2D eigenvalue weighted by atomic mass is 9.99. The van der Waals surface area contributed by atoms with Crippen LogP contribution in [0.1, 0.15) is 44.5 Å². The molecule has 1 aliphatic rings. The Morgan fingerprint density at radius 2 is 1.79 bits per heavy atom. The fourth-order valence-corrected chi connectivity index (χ4v) is 4.47. The van der Waals surface area contributed by atoms with E-state index in [4.69, 9.17) is 5.26 Å². The van der Waals surface area contributed by atoms with Crippen LogP contribution in [0.3, 0.4) is 0 Å². The molecule has 190 valence electrons. The summed E-state index contributed by atoms with van der Waals surface area (Å²) in [6.07, 6.45) is 1.36. The van der Waals surface area contributed by atoms with Gasteiger partial charge in [0.25, 0.3) is 17.7 Å². The Hall–Kier alpha value is -5.04. The predicted molar refractivity (Wildman–Crippen MR) is 135 cm³/mol. The smallest absolute Gasteiger partial charge is 0.298 e. The van der Waals surface area contributed by atoms with Gasteiger partial charge in [-0.1, -0.05) is 42.5 Å². The summed E-state index contributed by atoms with van der Waals surface area (Å²) in [4.78, 5) is 27.9. The zero-order valence-electron chi connectivity index (χ0n) is 20.1. The van der Waals surface area contributed by atoms with Crippen molar-refractivity contribution in [2.45, 2.75) is 25.4 Å². The Morgan fingerprint density at radius 1 is 1.11 bits per heavy atom. The van der Waals surface area contributed by atoms with Crippen LogP contribution in [0, 0.1) is 11.3 Å². The maximum atomic E-state index is 15.0. The molecule has 1 aliphatic heterocycles. The van der Waals surface area contributed by atoms with Crippen LogP contribution in [-0.4, -0.2) is 32.7 Å². The van der Waals surface area contributed by atoms with E-state index in [2.05, 4.69) is 10.4 Å². The van der Waals surface area contributed by atoms with Gasteiger partial charge in [-0.15, -0.1) is 0 Å². The Kier molecular flexibility index (Phi) is 6.12. The van der Waals surface area contributed by atoms with Gasteiger partial charge in [-0.05, 0) is 37.3 Å². The van der Waals surface area contributed by atoms with E-state index in [1.807, 2.05) is 6.92 Å². The quantitative estimate of drug-likeness (QED) is 0.394. The lowest BCUT2D eigenvalue weighted by Crippen LogP contribution is -2.47. The molecule has 0 unspecified atom stereocenters. The number of phenolic OH excluding ortho intramolecular Hbond substituents is 1. The fraction of sp³-hybridized carbons (Fsp3) is 0.143. The molecule has 4 aromatic rings. The minimum atomic E-state index is -3.20. The number of hydrogen-bond donors (Lipinski definition) is 2. The summed E-state index contributed by atoms with van der Waals surface area (Å²) in [5, 5.41) is 25.7. The minimum Gasteiger partial charge on any atom is -0.507 e. The molecule has 1 atom stereocenters. The highest BCUT2D eigenvalue weighted by Crippen LogP contribution is 2.37. The standard InChI is InChI=1S/C28H21F2N5O3/c1-17-16-34-25(23(15-32-34)33-26(37)18-7-12-24(36)19(13-18)14-31)27(38)35(17)22-10-8-21(9-11-22)28(29,30)20-5-3-2-4-6-20/h2-13,15,17,36H,16H2,1H3,(H,33,37)/t17-/m0/s1. The first-order chi connectivity index (χ1) is 18.2. The highest BCUT2D eigenvalue weighted by Gasteiger charge is 2.37. The van der Waals surface area contributed by atoms with Crippen LogP contribution in [0.25, 0.3) is 0 Å². The molecule has 2 amide bonds. The van der Waals surface area contributed by atoms with Crippen molar-refractivity contribution in [3.05, 3.63) is 107 Å². The van der Waals surface area contributed by atoms with Gasteiger partial charge >= 0.3 is 0 Å². The molecular formula is C28H21F2N5O3. The molecule has 0 radical (unpaired) electrons. The van der Waals surface area contributed by atoms with Crippen molar-refractivity contribution >= 4 is 23.2 Å². The second-order valence-corrected chi connectivity index (χ2v) is 8.90. The van der Waals surface area contributed by atoms with Crippen molar-refractivity contribution in [3.63, 3.8) is 0 Å². The average Bonchev–Trinajstić information content (AvgIpc) is 3.32. The molecule has 1 aromatic heterocycles. The van der Waals surface area contributed by atoms with E-state index < -0.39 is 17.7 Å². The number of nitriles is 1. The van der Waals surface area contributed by atoms with Gasteiger partial charge in [0.1, 0.15) is 17.5 Å². The molecule has 8 nitrogen and oxygen atoms in total. The Morgan fingerprint density at radius 3 is 2.47 bits per heavy atom. The lowest BCUT2D eigenvalue weighted by molar-refractivity contribution is 0.0428. The zero-order valence-corrected chi connectivity index (χ0v) is 20.1. The molecule has 38 heavy (non-hydrogen) atoms. The first-order valence-electron chi connectivity index (χ1n) is 11.7. The van der Waals surface area contributed by atoms with Crippen LogP contribution < -0.4 is 10.2 Å². The molecule has 0 saturated carbocycles. The zero-order chi connectivity index (χ0) is 27.0. The lowest BCUT2D eigenvalue weighted by Gasteiger charge is -2.34. The number of rotatable bonds is 5. The molecule has 0 bridgehead atoms. The van der Waals surface area contributed by atoms with Gasteiger partial charge in [0.2, 0.25) is 0 Å². The highest BCUT2D eigenvalue weighted by atomic mass is 19.3. The van der Waals surface area contributed by atoms with Crippen LogP contribution in [0.5, 0.6) is 5.75 Å². The third-order valence-corrected chi connectivity index (χ3v) is 6.41. The van der Waals surface area contributed by atoms with Gasteiger partial charge in [-0.3, -0.25) is 14.3 Å². The molecule has 5 rings (SSSR count). The van der Waals surface area contributed by atoms with Crippen LogP contribution in [0.4, 0.5) is 20.2 Å². The molecule has 10 heteroatoms. The Bertz CT molecular complexity index is 1580. The number of aromatic hydroxyl groups is 1. The van der Waals surface area contributed by atoms with Crippen molar-refractivity contribution < 1.29 is 23.5 Å². The molecule has 2 heterocycles. The Labute approximate surface area is 216 Å². The van der Waals surface area contributed by atoms with Crippen molar-refractivity contribution in [2.24, 2.45) is 0 Å². The molecule has 2 N–H and O–H groups in total. The third kappa shape index (κ3) is 4.24. The molecule has 0 spiro atoms. The van der Waals surface area contributed by atoms with Crippen LogP contribution in [-0.2, 0) is 12.5 Å². The monoisotopic (exact) mass is 513 g/mol. The number of benzene rings is 3. The van der Waals surface area contributed by atoms with Gasteiger partial charge in [-0.2, -0.15) is 19.1 Å². The number of anilines is 2. The molecule has 0 aliphatic carbocycles. The number of hydrogen-bond acceptors (Lipinski definition) is 5. The highest BCUT2D eigenvalue weighted by molar-refractivity contribution is 6.13. The second-order valence-electron chi connectivity index (χ2n) is 8.90. The van der Waals surface area contributed by atoms with E-state index in [0.29, 0.717) is 12.2 Å². The van der Waals surface area contributed by atoms with Gasteiger partial charge in [0.15, 0.2) is 0 Å². The summed E-state index contributed by atoms with van der Waals surface area (Å²) < 4.78 is 31.5. The van der Waals surface area contributed by atoms with Gasteiger partial charge in [0, 0.05) is 22.4 Å². The van der Waals surface area contributed by atoms with Crippen molar-refractivity contribution in [2.75, 3.05) is 10.2 Å². The summed E-state index contributed by atoms with van der Waals surface area (Å²) in [7, 11) is 0. The maximum Gasteiger partial charge on any atom is 0.298 e. The second kappa shape index (κ2) is 9.44. The number of phenols is 1. The summed E-state index contributed by atoms with van der Waals surface area (Å²) in [6, 6.07) is 18.3. The number of halogens is 2. The van der Waals surface area contributed by atoms with E-state index in [1.165, 1.54) is 70.4 Å². The van der Waals surface area contributed by atoms with Gasteiger partial charge in [-0.25, -0.2) is 0 Å². The number of nitrogens with one attached hydrogen (secondary N) is 1. The number of fused-ring (bicyclic) bond motifs is 1. The first kappa shape index (κ1) is 24.6. The van der Waals surface area contributed by atoms with Gasteiger partial charge < -0.3 is 15.3 Å². The fourth-order valence-electron chi connectivity index (χ4n) is 4.47. The molecule has 3 aromatic carbocycles. The van der Waals surface area contributed by atoms with E-state index in [0.717, 1.165) is 0 Å². The summed E-state index contributed by atoms with van der Waals surface area (Å²) in [5.74, 6) is -4.50. The van der Waals surface area contributed by atoms with Crippen molar-refractivity contribution in [1.29, 1.82) is 5.26 Å². The molecule has 0 saturated heterocycles. The van der Waals surface area contributed by atoms with Crippen molar-refractivity contribution in [3.8, 4) is 11.8 Å². The Balaban J connectivity index is 1.41. The predicted octanol–water partition coefficient (Wildman–Crippen LogP) is 4.90. The largest absolute Gasteiger partial charge is 0.507 e. The van der Waals surface area contributed by atoms with E-state index in [1.54, 1.807) is 24.3 Å². The number of aromatic nitrogens is 2. The van der Waals surface area contributed by atoms with Crippen LogP contribution in [0.2, 0.25) is 0 Å². The van der Waals surface area contributed by atoms with Gasteiger partial charge in [0.05, 0.1) is 30.0 Å². The SMILES string of the molecule is C[C@H]1Cn2ncc(NC(=O)c3ccc(O)c(C#N)c3)c2C(=O)N1c1ccc(C(F)(F)c2ccccc2)cc1. The normalized spacial score (nSPS) is 15.1. The molecule has 0 fully saturated rings. The third-order valence-electron chi connectivity index (χ3n) is 6.41. The topological polar surface area (TPSA) is 111 Å². The van der Waals surface area contributed by atoms with Crippen LogP contribution in [0.15, 0.2) is 79.0 Å². The van der Waals surface area contributed by atoms with E-state index >= 15 is 0 Å². The first-order valence-corrected chi connectivity index (χ1v) is 11.7. The number of nitrogens with zero attached hydrogens (tertiary/aromatic N) is 4. The summed E-state index contributed by atoms with van der Waals surface area (Å²) >= 11 is 0. The minimum absolute atomic E-state index is 0.0629. The number of carbonyl (C=O) groups is 2. The summed E-state index contributed by atoms with van der Waals surface area (Å²) in [6.45, 7) is 2.13. The molecular weight excluding hydrogens is 492 g/mol. The average molecular weight is 514 g/mol. The van der Waals surface area contributed by atoms with E-state index in [-0.39, 0.29) is 45.4 Å². The maximum absolute atomic E-state index is 15.0. The number of amides is 2. The van der Waals surface area contributed by atoms with Crippen molar-refractivity contribution in [1.82, 2.24) is 9.78 Å². The summed E-state index contributed by atoms with van der Waals surface area (Å²) in [5.41, 5.74) is 0.445. The van der Waals surface area contributed by atoms with Crippen LogP contribution >= 0.6 is 0 Å². The number of carbonyl (C=O) groups excluding carboxylic acids is 2.